The summed E-state index contributed by atoms with van der Waals surface area (Å²) in [6, 6.07) is 7.10. The molecule has 0 aliphatic carbocycles. The summed E-state index contributed by atoms with van der Waals surface area (Å²) >= 11 is 0. The van der Waals surface area contributed by atoms with E-state index in [1.807, 2.05) is 44.3 Å². The first-order valence-electron chi connectivity index (χ1n) is 18.0. The fourth-order valence-corrected chi connectivity index (χ4v) is 6.29. The Kier molecular flexibility index (Phi) is 18.7. The number of ketones is 3. The van der Waals surface area contributed by atoms with E-state index in [2.05, 4.69) is 22.2 Å². The zero-order valence-electron chi connectivity index (χ0n) is 29.5. The number of benzene rings is 1. The normalized spacial score (nSPS) is 13.3. The molecule has 47 heavy (non-hydrogen) atoms. The van der Waals surface area contributed by atoms with Gasteiger partial charge in [-0.2, -0.15) is 0 Å². The molecule has 0 radical (unpaired) electrons. The molecule has 0 spiro atoms. The van der Waals surface area contributed by atoms with Crippen LogP contribution in [0.5, 0.6) is 0 Å². The molecule has 0 aliphatic rings. The summed E-state index contributed by atoms with van der Waals surface area (Å²) in [6.45, 7) is 8.11. The van der Waals surface area contributed by atoms with Gasteiger partial charge in [-0.3, -0.25) is 24.2 Å². The molecule has 0 saturated carbocycles. The number of amides is 1. The maximum absolute atomic E-state index is 14.0. The fourth-order valence-electron chi connectivity index (χ4n) is 6.29. The van der Waals surface area contributed by atoms with E-state index in [0.29, 0.717) is 38.6 Å². The Morgan fingerprint density at radius 2 is 1.53 bits per heavy atom. The largest absolute Gasteiger partial charge is 0.370 e. The van der Waals surface area contributed by atoms with E-state index >= 15 is 0 Å². The number of hydrogen-bond donors (Lipinski definition) is 4. The first-order chi connectivity index (χ1) is 22.5. The number of Topliss-reactive ketones (excluding diaryl/α,β-unsaturated/α-hetero) is 3. The van der Waals surface area contributed by atoms with Crippen molar-refractivity contribution < 1.29 is 19.2 Å². The Morgan fingerprint density at radius 1 is 0.872 bits per heavy atom. The molecule has 9 nitrogen and oxygen atoms in total. The molecule has 262 valence electrons. The standard InChI is InChI=1S/C38H61N5O4/c1-5-6-7-8-9-10-11-12-13-17-32(45)24-30(23-31-26-42-34-19-15-14-18-33(31)34)37(47)43-35(20-16-21-41-38(39)40)36(46)25-29(28(4)44)22-27(2)3/h14-15,18-19,26-27,29-30,35,42H,5-13,16-17,20-25H2,1-4H3,(H,43,47)(H4,39,40,41)/t29-,30+,35+/m1/s1. The molecule has 1 aromatic carbocycles. The van der Waals surface area contributed by atoms with Crippen LogP contribution >= 0.6 is 0 Å². The van der Waals surface area contributed by atoms with Crippen LogP contribution in [0.3, 0.4) is 0 Å². The lowest BCUT2D eigenvalue weighted by Gasteiger charge is -2.24. The van der Waals surface area contributed by atoms with Gasteiger partial charge in [0.1, 0.15) is 11.6 Å². The van der Waals surface area contributed by atoms with E-state index in [9.17, 15) is 19.2 Å². The van der Waals surface area contributed by atoms with Crippen molar-refractivity contribution in [3.8, 4) is 0 Å². The van der Waals surface area contributed by atoms with Gasteiger partial charge in [0.15, 0.2) is 11.7 Å². The van der Waals surface area contributed by atoms with E-state index in [4.69, 9.17) is 11.5 Å². The van der Waals surface area contributed by atoms with Gasteiger partial charge in [-0.05, 0) is 56.6 Å². The van der Waals surface area contributed by atoms with Gasteiger partial charge in [-0.25, -0.2) is 0 Å². The number of H-pyrrole nitrogens is 1. The van der Waals surface area contributed by atoms with Gasteiger partial charge >= 0.3 is 0 Å². The Hall–Kier alpha value is -3.49. The van der Waals surface area contributed by atoms with Crippen molar-refractivity contribution in [3.05, 3.63) is 36.0 Å². The second-order valence-corrected chi connectivity index (χ2v) is 13.7. The van der Waals surface area contributed by atoms with Crippen molar-refractivity contribution >= 4 is 40.1 Å². The molecule has 0 bridgehead atoms. The third kappa shape index (κ3) is 15.8. The van der Waals surface area contributed by atoms with E-state index in [1.54, 1.807) is 0 Å². The molecule has 6 N–H and O–H groups in total. The number of para-hydroxylation sites is 1. The van der Waals surface area contributed by atoms with Gasteiger partial charge in [0, 0.05) is 54.7 Å². The molecular weight excluding hydrogens is 590 g/mol. The molecule has 1 aromatic heterocycles. The highest BCUT2D eigenvalue weighted by molar-refractivity contribution is 5.94. The smallest absolute Gasteiger partial charge is 0.224 e. The highest BCUT2D eigenvalue weighted by atomic mass is 16.2. The van der Waals surface area contributed by atoms with Gasteiger partial charge in [-0.1, -0.05) is 90.3 Å². The van der Waals surface area contributed by atoms with Crippen LogP contribution in [0, 0.1) is 17.8 Å². The summed E-state index contributed by atoms with van der Waals surface area (Å²) in [6.07, 6.45) is 14.8. The zero-order chi connectivity index (χ0) is 34.6. The predicted octanol–water partition coefficient (Wildman–Crippen LogP) is 6.96. The van der Waals surface area contributed by atoms with Crippen LogP contribution in [0.25, 0.3) is 10.9 Å². The lowest BCUT2D eigenvalue weighted by Crippen LogP contribution is -2.45. The predicted molar refractivity (Wildman–Crippen MR) is 192 cm³/mol. The van der Waals surface area contributed by atoms with Crippen molar-refractivity contribution in [2.75, 3.05) is 6.54 Å². The molecular formula is C38H61N5O4. The number of aliphatic imine (C=N–C) groups is 1. The van der Waals surface area contributed by atoms with Crippen molar-refractivity contribution in [2.24, 2.45) is 34.2 Å². The number of aromatic nitrogens is 1. The Morgan fingerprint density at radius 3 is 2.17 bits per heavy atom. The third-order valence-corrected chi connectivity index (χ3v) is 8.97. The minimum atomic E-state index is -0.802. The number of aromatic amines is 1. The van der Waals surface area contributed by atoms with Crippen molar-refractivity contribution in [2.45, 2.75) is 136 Å². The molecule has 2 aromatic rings. The maximum Gasteiger partial charge on any atom is 0.224 e. The quantitative estimate of drug-likeness (QED) is 0.0489. The summed E-state index contributed by atoms with van der Waals surface area (Å²) in [5.41, 5.74) is 12.9. The second kappa shape index (κ2) is 22.1. The van der Waals surface area contributed by atoms with E-state index in [0.717, 1.165) is 35.7 Å². The average molecular weight is 652 g/mol. The highest BCUT2D eigenvalue weighted by Gasteiger charge is 2.30. The zero-order valence-corrected chi connectivity index (χ0v) is 29.5. The Bertz CT molecular complexity index is 1280. The number of fused-ring (bicyclic) bond motifs is 1. The average Bonchev–Trinajstić information content (AvgIpc) is 3.43. The monoisotopic (exact) mass is 651 g/mol. The number of rotatable bonds is 26. The molecule has 0 saturated heterocycles. The number of hydrogen-bond acceptors (Lipinski definition) is 5. The molecule has 0 fully saturated rings. The number of carbonyl (C=O) groups excluding carboxylic acids is 4. The Balaban J connectivity index is 2.15. The van der Waals surface area contributed by atoms with Crippen molar-refractivity contribution in [3.63, 3.8) is 0 Å². The molecule has 2 rings (SSSR count). The van der Waals surface area contributed by atoms with E-state index < -0.39 is 17.9 Å². The van der Waals surface area contributed by atoms with Gasteiger partial charge in [-0.15, -0.1) is 0 Å². The number of guanidine groups is 1. The topological polar surface area (TPSA) is 160 Å². The number of carbonyl (C=O) groups is 4. The van der Waals surface area contributed by atoms with E-state index in [1.165, 1.54) is 45.4 Å². The second-order valence-electron chi connectivity index (χ2n) is 13.7. The van der Waals surface area contributed by atoms with Crippen LogP contribution in [-0.2, 0) is 25.6 Å². The van der Waals surface area contributed by atoms with Crippen LogP contribution in [0.4, 0.5) is 0 Å². The van der Waals surface area contributed by atoms with Gasteiger partial charge in [0.2, 0.25) is 5.91 Å². The van der Waals surface area contributed by atoms with Crippen LogP contribution in [0.15, 0.2) is 35.5 Å². The van der Waals surface area contributed by atoms with Crippen LogP contribution in [0.1, 0.15) is 130 Å². The lowest BCUT2D eigenvalue weighted by atomic mass is 9.86. The third-order valence-electron chi connectivity index (χ3n) is 8.97. The lowest BCUT2D eigenvalue weighted by molar-refractivity contribution is -0.133. The fraction of sp³-hybridized carbons (Fsp3) is 0.658. The SMILES string of the molecule is CCCCCCCCCCCC(=O)C[C@H](Cc1c[nH]c2ccccc12)C(=O)N[C@@H](CCCN=C(N)N)C(=O)C[C@@H](CC(C)C)C(C)=O. The van der Waals surface area contributed by atoms with Crippen LogP contribution < -0.4 is 16.8 Å². The summed E-state index contributed by atoms with van der Waals surface area (Å²) in [5.74, 6) is -1.28. The molecule has 0 unspecified atom stereocenters. The summed E-state index contributed by atoms with van der Waals surface area (Å²) < 4.78 is 0. The number of nitrogens with zero attached hydrogens (tertiary/aromatic N) is 1. The highest BCUT2D eigenvalue weighted by Crippen LogP contribution is 2.24. The first-order valence-corrected chi connectivity index (χ1v) is 18.0. The molecule has 3 atom stereocenters. The van der Waals surface area contributed by atoms with Gasteiger partial charge in [0.25, 0.3) is 0 Å². The van der Waals surface area contributed by atoms with Crippen molar-refractivity contribution in [1.29, 1.82) is 0 Å². The Labute approximate surface area is 282 Å². The van der Waals surface area contributed by atoms with Gasteiger partial charge < -0.3 is 21.8 Å². The molecule has 0 aliphatic heterocycles. The van der Waals surface area contributed by atoms with Crippen molar-refractivity contribution in [1.82, 2.24) is 10.3 Å². The number of nitrogens with two attached hydrogens (primary N) is 2. The molecule has 1 amide bonds. The first kappa shape index (κ1) is 39.7. The van der Waals surface area contributed by atoms with Gasteiger partial charge in [0.05, 0.1) is 6.04 Å². The minimum Gasteiger partial charge on any atom is -0.370 e. The van der Waals surface area contributed by atoms with Crippen LogP contribution in [0.2, 0.25) is 0 Å². The maximum atomic E-state index is 14.0. The summed E-state index contributed by atoms with van der Waals surface area (Å²) in [7, 11) is 0. The number of unbranched alkanes of at least 4 members (excludes halogenated alkanes) is 8. The minimum absolute atomic E-state index is 0.0306. The summed E-state index contributed by atoms with van der Waals surface area (Å²) in [5, 5.41) is 4.01. The number of nitrogens with one attached hydrogen (secondary N) is 2. The van der Waals surface area contributed by atoms with Crippen LogP contribution in [-0.4, -0.2) is 46.8 Å². The summed E-state index contributed by atoms with van der Waals surface area (Å²) in [4.78, 5) is 60.5. The molecule has 9 heteroatoms. The van der Waals surface area contributed by atoms with E-state index in [-0.39, 0.29) is 48.0 Å². The molecule has 1 heterocycles.